The SMILES string of the molecule is C=CCNC(=O)C(=O)C(CC1CC1)NC(=O)[C@@H]1C2C(CN1C(=O)[C@@H](NC(N)=O)C(C)(C)C)C2(C)C.CC(C)(C)CCN1CCCOC1=O. The Morgan fingerprint density at radius 3 is 2.25 bits per heavy atom. The maximum Gasteiger partial charge on any atom is 0.409 e. The molecule has 0 aromatic rings. The van der Waals surface area contributed by atoms with Gasteiger partial charge in [0.1, 0.15) is 12.1 Å². The topological polar surface area (TPSA) is 180 Å². The third-order valence-electron chi connectivity index (χ3n) is 9.88. The number of rotatable bonds is 12. The van der Waals surface area contributed by atoms with E-state index in [1.165, 1.54) is 11.0 Å². The Labute approximate surface area is 285 Å². The van der Waals surface area contributed by atoms with E-state index in [1.54, 1.807) is 4.90 Å². The monoisotopic (exact) mass is 674 g/mol. The van der Waals surface area contributed by atoms with Crippen LogP contribution in [-0.4, -0.2) is 96.3 Å². The van der Waals surface area contributed by atoms with Crippen LogP contribution in [0.4, 0.5) is 9.59 Å². The summed E-state index contributed by atoms with van der Waals surface area (Å²) in [5.41, 5.74) is 4.85. The Kier molecular flexibility index (Phi) is 12.4. The summed E-state index contributed by atoms with van der Waals surface area (Å²) in [6.45, 7) is 22.4. The van der Waals surface area contributed by atoms with Crippen molar-refractivity contribution < 1.29 is 33.5 Å². The van der Waals surface area contributed by atoms with Crippen molar-refractivity contribution in [1.29, 1.82) is 0 Å². The lowest BCUT2D eigenvalue weighted by Gasteiger charge is -2.37. The van der Waals surface area contributed by atoms with Crippen molar-refractivity contribution in [2.75, 3.05) is 32.8 Å². The van der Waals surface area contributed by atoms with Crippen LogP contribution in [0.1, 0.15) is 87.5 Å². The van der Waals surface area contributed by atoms with E-state index in [0.717, 1.165) is 38.8 Å². The van der Waals surface area contributed by atoms with Crippen molar-refractivity contribution in [3.05, 3.63) is 12.7 Å². The number of carbonyl (C=O) groups is 6. The lowest BCUT2D eigenvalue weighted by molar-refractivity contribution is -0.145. The number of ether oxygens (including phenoxy) is 1. The fourth-order valence-corrected chi connectivity index (χ4v) is 6.63. The molecule has 0 aromatic carbocycles. The van der Waals surface area contributed by atoms with Gasteiger partial charge in [-0.3, -0.25) is 19.2 Å². The molecule has 0 bridgehead atoms. The van der Waals surface area contributed by atoms with Crippen LogP contribution in [0.3, 0.4) is 0 Å². The van der Waals surface area contributed by atoms with Crippen LogP contribution in [0.5, 0.6) is 0 Å². The summed E-state index contributed by atoms with van der Waals surface area (Å²) in [4.78, 5) is 78.5. The number of nitrogens with one attached hydrogen (secondary N) is 3. The maximum absolute atomic E-state index is 13.6. The molecule has 2 aliphatic heterocycles. The summed E-state index contributed by atoms with van der Waals surface area (Å²) in [5, 5.41) is 7.82. The minimum atomic E-state index is -0.958. The van der Waals surface area contributed by atoms with Gasteiger partial charge in [-0.2, -0.15) is 0 Å². The summed E-state index contributed by atoms with van der Waals surface area (Å²) in [7, 11) is 0. The highest BCUT2D eigenvalue weighted by Crippen LogP contribution is 2.65. The number of piperidine rings is 1. The van der Waals surface area contributed by atoms with E-state index >= 15 is 0 Å². The second-order valence-electron chi connectivity index (χ2n) is 16.6. The van der Waals surface area contributed by atoms with E-state index < -0.39 is 47.2 Å². The van der Waals surface area contributed by atoms with E-state index in [1.807, 2.05) is 20.8 Å². The zero-order valence-corrected chi connectivity index (χ0v) is 30.1. The first-order valence-electron chi connectivity index (χ1n) is 17.2. The molecular formula is C35H58N6O7. The molecule has 0 aromatic heterocycles. The number of ketones is 1. The molecule has 5 N–H and O–H groups in total. The fourth-order valence-electron chi connectivity index (χ4n) is 6.63. The Balaban J connectivity index is 0.000000402. The molecule has 6 amide bonds. The highest BCUT2D eigenvalue weighted by Gasteiger charge is 2.70. The largest absolute Gasteiger partial charge is 0.449 e. The molecule has 0 spiro atoms. The van der Waals surface area contributed by atoms with E-state index in [-0.39, 0.29) is 47.1 Å². The highest BCUT2D eigenvalue weighted by molar-refractivity contribution is 6.38. The summed E-state index contributed by atoms with van der Waals surface area (Å²) >= 11 is 0. The van der Waals surface area contributed by atoms with Gasteiger partial charge in [0.15, 0.2) is 0 Å². The number of primary amides is 1. The number of fused-ring (bicyclic) bond motifs is 1. The van der Waals surface area contributed by atoms with Gasteiger partial charge >= 0.3 is 12.1 Å². The van der Waals surface area contributed by atoms with E-state index in [9.17, 15) is 28.8 Å². The van der Waals surface area contributed by atoms with Crippen molar-refractivity contribution in [2.24, 2.45) is 39.7 Å². The van der Waals surface area contributed by atoms with Gasteiger partial charge in [0.05, 0.1) is 12.6 Å². The Morgan fingerprint density at radius 1 is 1.08 bits per heavy atom. The van der Waals surface area contributed by atoms with Crippen LogP contribution in [0, 0.1) is 34.0 Å². The van der Waals surface area contributed by atoms with Gasteiger partial charge in [-0.15, -0.1) is 6.58 Å². The van der Waals surface area contributed by atoms with Gasteiger partial charge in [0.2, 0.25) is 17.6 Å². The normalized spacial score (nSPS) is 24.1. The van der Waals surface area contributed by atoms with Crippen molar-refractivity contribution in [2.45, 2.75) is 106 Å². The van der Waals surface area contributed by atoms with Crippen LogP contribution < -0.4 is 21.7 Å². The summed E-state index contributed by atoms with van der Waals surface area (Å²) < 4.78 is 4.94. The lowest BCUT2D eigenvalue weighted by atomic mass is 9.85. The number of hydrogen-bond donors (Lipinski definition) is 4. The molecule has 5 atom stereocenters. The zero-order valence-electron chi connectivity index (χ0n) is 30.1. The van der Waals surface area contributed by atoms with Gasteiger partial charge in [0, 0.05) is 26.2 Å². The van der Waals surface area contributed by atoms with Crippen molar-refractivity contribution >= 4 is 35.6 Å². The molecule has 4 fully saturated rings. The molecule has 3 unspecified atom stereocenters. The van der Waals surface area contributed by atoms with Gasteiger partial charge in [-0.05, 0) is 53.3 Å². The smallest absolute Gasteiger partial charge is 0.409 e. The Morgan fingerprint density at radius 2 is 1.73 bits per heavy atom. The first-order chi connectivity index (χ1) is 22.2. The molecule has 2 saturated carbocycles. The van der Waals surface area contributed by atoms with Crippen LogP contribution in [-0.2, 0) is 23.9 Å². The number of carbonyl (C=O) groups excluding carboxylic acids is 6. The maximum atomic E-state index is 13.6. The third kappa shape index (κ3) is 10.2. The number of likely N-dealkylation sites (tertiary alicyclic amines) is 1. The number of Topliss-reactive ketones (excluding diaryl/α,β-unsaturated/α-hetero) is 1. The fraction of sp³-hybridized carbons (Fsp3) is 0.771. The van der Waals surface area contributed by atoms with Crippen molar-refractivity contribution in [1.82, 2.24) is 25.8 Å². The average molecular weight is 675 g/mol. The summed E-state index contributed by atoms with van der Waals surface area (Å²) in [6, 6.07) is -3.48. The van der Waals surface area contributed by atoms with Gasteiger partial charge in [-0.1, -0.05) is 74.3 Å². The van der Waals surface area contributed by atoms with Crippen molar-refractivity contribution in [3.8, 4) is 0 Å². The van der Waals surface area contributed by atoms with E-state index in [4.69, 9.17) is 10.5 Å². The number of cyclic esters (lactones) is 1. The third-order valence-corrected chi connectivity index (χ3v) is 9.88. The van der Waals surface area contributed by atoms with Crippen LogP contribution in [0.2, 0.25) is 0 Å². The average Bonchev–Trinajstić information content (AvgIpc) is 3.84. The first kappa shape index (κ1) is 38.8. The lowest BCUT2D eigenvalue weighted by Crippen LogP contribution is -2.61. The number of urea groups is 1. The molecule has 13 heteroatoms. The Hall–Kier alpha value is -3.64. The minimum absolute atomic E-state index is 0.0769. The van der Waals surface area contributed by atoms with E-state index in [2.05, 4.69) is 57.1 Å². The molecule has 2 saturated heterocycles. The number of hydrogen-bond acceptors (Lipinski definition) is 7. The Bertz CT molecular complexity index is 1250. The van der Waals surface area contributed by atoms with Crippen LogP contribution in [0.25, 0.3) is 0 Å². The molecule has 4 rings (SSSR count). The quantitative estimate of drug-likeness (QED) is 0.181. The molecule has 48 heavy (non-hydrogen) atoms. The summed E-state index contributed by atoms with van der Waals surface area (Å²) in [5.74, 6) is -1.95. The second kappa shape index (κ2) is 15.3. The number of nitrogens with zero attached hydrogens (tertiary/aromatic N) is 2. The van der Waals surface area contributed by atoms with Crippen molar-refractivity contribution in [3.63, 3.8) is 0 Å². The van der Waals surface area contributed by atoms with Crippen LogP contribution in [0.15, 0.2) is 12.7 Å². The first-order valence-corrected chi connectivity index (χ1v) is 17.2. The minimum Gasteiger partial charge on any atom is -0.449 e. The number of amides is 6. The standard InChI is InChI=1S/C25H39N5O5.C10H19NO2/c1-7-10-27-21(33)18(31)15(11-13-8-9-13)28-20(32)17-16-14(25(16,5)6)12-30(17)22(34)19(24(2,3)4)29-23(26)35;1-10(2,3)5-7-11-6-4-8-13-9(11)12/h7,13-17,19H,1,8-12H2,2-6H3,(H,27,33)(H,28,32)(H3,26,29,35);4-8H2,1-3H3/t14?,15?,16?,17-,19+;/m0./s1. The molecule has 2 aliphatic carbocycles. The molecule has 0 radical (unpaired) electrons. The molecule has 270 valence electrons. The molecular weight excluding hydrogens is 616 g/mol. The molecule has 13 nitrogen and oxygen atoms in total. The number of nitrogens with two attached hydrogens (primary N) is 1. The van der Waals surface area contributed by atoms with Gasteiger partial charge in [0.25, 0.3) is 5.91 Å². The zero-order chi connectivity index (χ0) is 36.2. The van der Waals surface area contributed by atoms with Crippen LogP contribution >= 0.6 is 0 Å². The predicted octanol–water partition coefficient (Wildman–Crippen LogP) is 2.97. The molecule has 4 aliphatic rings. The highest BCUT2D eigenvalue weighted by atomic mass is 16.6. The predicted molar refractivity (Wildman–Crippen MR) is 181 cm³/mol. The van der Waals surface area contributed by atoms with Gasteiger partial charge < -0.3 is 36.2 Å². The van der Waals surface area contributed by atoms with E-state index in [0.29, 0.717) is 19.6 Å². The second-order valence-corrected chi connectivity index (χ2v) is 16.6. The molecule has 2 heterocycles. The van der Waals surface area contributed by atoms with Gasteiger partial charge in [-0.25, -0.2) is 9.59 Å². The summed E-state index contributed by atoms with van der Waals surface area (Å²) in [6.07, 6.45) is 5.62.